The van der Waals surface area contributed by atoms with Gasteiger partial charge in [0.2, 0.25) is 0 Å². The van der Waals surface area contributed by atoms with Crippen LogP contribution in [0.5, 0.6) is 0 Å². The summed E-state index contributed by atoms with van der Waals surface area (Å²) in [6, 6.07) is 0. The molecule has 7 nitrogen and oxygen atoms in total. The fourth-order valence-electron chi connectivity index (χ4n) is 1.73. The van der Waals surface area contributed by atoms with E-state index in [1.807, 2.05) is 0 Å². The van der Waals surface area contributed by atoms with Crippen molar-refractivity contribution in [3.05, 3.63) is 22.5 Å². The highest BCUT2D eigenvalue weighted by atomic mass is 16.5. The summed E-state index contributed by atoms with van der Waals surface area (Å²) >= 11 is 0. The van der Waals surface area contributed by atoms with E-state index >= 15 is 0 Å². The first-order chi connectivity index (χ1) is 8.92. The van der Waals surface area contributed by atoms with Crippen LogP contribution in [0.25, 0.3) is 0 Å². The van der Waals surface area contributed by atoms with Crippen molar-refractivity contribution in [2.75, 3.05) is 13.7 Å². The Bertz CT molecular complexity index is 517. The molecule has 0 aliphatic carbocycles. The van der Waals surface area contributed by atoms with Crippen LogP contribution in [-0.4, -0.2) is 41.7 Å². The van der Waals surface area contributed by atoms with Crippen LogP contribution in [0.3, 0.4) is 0 Å². The van der Waals surface area contributed by atoms with Crippen LogP contribution < -0.4 is 0 Å². The second kappa shape index (κ2) is 6.03. The molecular weight excluding hydrogens is 254 g/mol. The second-order valence-corrected chi connectivity index (χ2v) is 3.76. The van der Waals surface area contributed by atoms with Gasteiger partial charge in [-0.1, -0.05) is 0 Å². The van der Waals surface area contributed by atoms with E-state index in [0.717, 1.165) is 0 Å². The van der Waals surface area contributed by atoms with Crippen LogP contribution in [0, 0.1) is 6.92 Å². The van der Waals surface area contributed by atoms with Gasteiger partial charge in [-0.05, 0) is 19.4 Å². The topological polar surface area (TPSA) is 106 Å². The fraction of sp³-hybridized carbons (Fsp3) is 0.417. The van der Waals surface area contributed by atoms with E-state index in [0.29, 0.717) is 5.56 Å². The number of nitrogens with one attached hydrogen (secondary N) is 1. The highest BCUT2D eigenvalue weighted by Gasteiger charge is 2.26. The van der Waals surface area contributed by atoms with Crippen molar-refractivity contribution >= 4 is 17.9 Å². The van der Waals surface area contributed by atoms with E-state index in [1.165, 1.54) is 14.0 Å². The van der Waals surface area contributed by atoms with Crippen molar-refractivity contribution in [1.82, 2.24) is 4.98 Å². The van der Waals surface area contributed by atoms with Gasteiger partial charge in [0.1, 0.15) is 5.69 Å². The van der Waals surface area contributed by atoms with Gasteiger partial charge >= 0.3 is 17.9 Å². The van der Waals surface area contributed by atoms with Crippen molar-refractivity contribution in [2.24, 2.45) is 0 Å². The minimum absolute atomic E-state index is 0.0629. The number of ether oxygens (including phenoxy) is 2. The molecule has 1 aromatic rings. The number of carbonyl (C=O) groups is 3. The van der Waals surface area contributed by atoms with Gasteiger partial charge in [0.25, 0.3) is 0 Å². The Kier molecular flexibility index (Phi) is 4.68. The Morgan fingerprint density at radius 1 is 1.26 bits per heavy atom. The van der Waals surface area contributed by atoms with E-state index in [-0.39, 0.29) is 23.6 Å². The summed E-state index contributed by atoms with van der Waals surface area (Å²) in [6.45, 7) is 3.36. The summed E-state index contributed by atoms with van der Waals surface area (Å²) in [6.07, 6.45) is -0.412. The lowest BCUT2D eigenvalue weighted by Gasteiger charge is -2.01. The third-order valence-electron chi connectivity index (χ3n) is 2.52. The van der Waals surface area contributed by atoms with E-state index in [1.54, 1.807) is 6.92 Å². The molecule has 1 rings (SSSR count). The molecule has 0 bridgehead atoms. The summed E-state index contributed by atoms with van der Waals surface area (Å²) in [5.74, 6) is -2.45. The Balaban J connectivity index is 3.29. The zero-order valence-electron chi connectivity index (χ0n) is 10.9. The highest BCUT2D eigenvalue weighted by molar-refractivity contribution is 5.99. The molecule has 0 spiro atoms. The second-order valence-electron chi connectivity index (χ2n) is 3.76. The van der Waals surface area contributed by atoms with Crippen molar-refractivity contribution < 1.29 is 29.0 Å². The van der Waals surface area contributed by atoms with Gasteiger partial charge < -0.3 is 19.6 Å². The largest absolute Gasteiger partial charge is 0.481 e. The number of carboxylic acid groups (broad SMARTS) is 1. The van der Waals surface area contributed by atoms with Crippen LogP contribution in [-0.2, 0) is 20.7 Å². The average Bonchev–Trinajstić information content (AvgIpc) is 2.65. The molecule has 104 valence electrons. The number of carbonyl (C=O) groups excluding carboxylic acids is 2. The molecule has 0 aromatic carbocycles. The number of aromatic nitrogens is 1. The number of H-pyrrole nitrogens is 1. The zero-order valence-corrected chi connectivity index (χ0v) is 10.9. The minimum atomic E-state index is -1.12. The number of aliphatic carboxylic acids is 1. The molecule has 0 radical (unpaired) electrons. The number of aromatic amines is 1. The first-order valence-electron chi connectivity index (χ1n) is 5.61. The summed E-state index contributed by atoms with van der Waals surface area (Å²) in [4.78, 5) is 36.7. The van der Waals surface area contributed by atoms with Gasteiger partial charge in [0, 0.05) is 5.69 Å². The molecular formula is C12H15NO6. The third-order valence-corrected chi connectivity index (χ3v) is 2.52. The molecule has 0 saturated carbocycles. The lowest BCUT2D eigenvalue weighted by molar-refractivity contribution is -0.136. The molecule has 0 fully saturated rings. The zero-order chi connectivity index (χ0) is 14.6. The van der Waals surface area contributed by atoms with Gasteiger partial charge in [-0.3, -0.25) is 4.79 Å². The van der Waals surface area contributed by atoms with Gasteiger partial charge in [0.05, 0.1) is 25.7 Å². The maximum Gasteiger partial charge on any atom is 0.355 e. The molecule has 7 heteroatoms. The Morgan fingerprint density at radius 2 is 1.89 bits per heavy atom. The number of carboxylic acids is 1. The number of hydrogen-bond donors (Lipinski definition) is 2. The highest BCUT2D eigenvalue weighted by Crippen LogP contribution is 2.21. The summed E-state index contributed by atoms with van der Waals surface area (Å²) in [5, 5.41) is 8.80. The van der Waals surface area contributed by atoms with Crippen LogP contribution in [0.4, 0.5) is 0 Å². The van der Waals surface area contributed by atoms with Crippen LogP contribution >= 0.6 is 0 Å². The molecule has 19 heavy (non-hydrogen) atoms. The maximum absolute atomic E-state index is 11.7. The van der Waals surface area contributed by atoms with Crippen LogP contribution in [0.2, 0.25) is 0 Å². The lowest BCUT2D eigenvalue weighted by Crippen LogP contribution is -2.09. The van der Waals surface area contributed by atoms with E-state index < -0.39 is 24.3 Å². The SMILES string of the molecule is CCOC(=O)c1[nH]c(CC(=O)O)c(C(=O)OC)c1C. The van der Waals surface area contributed by atoms with Crippen molar-refractivity contribution in [1.29, 1.82) is 0 Å². The number of rotatable bonds is 5. The van der Waals surface area contributed by atoms with Gasteiger partial charge in [-0.15, -0.1) is 0 Å². The van der Waals surface area contributed by atoms with Gasteiger partial charge in [-0.25, -0.2) is 9.59 Å². The smallest absolute Gasteiger partial charge is 0.355 e. The third kappa shape index (κ3) is 3.12. The summed E-state index contributed by atoms with van der Waals surface area (Å²) in [5.41, 5.74) is 0.577. The molecule has 0 amide bonds. The molecule has 0 unspecified atom stereocenters. The molecule has 2 N–H and O–H groups in total. The first-order valence-corrected chi connectivity index (χ1v) is 5.61. The standard InChI is InChI=1S/C12H15NO6/c1-4-19-12(17)10-6(2)9(11(16)18-3)7(13-10)5-8(14)15/h13H,4-5H2,1-3H3,(H,14,15). The molecule has 1 aromatic heterocycles. The molecule has 0 saturated heterocycles. The van der Waals surface area contributed by atoms with Gasteiger partial charge in [-0.2, -0.15) is 0 Å². The molecule has 1 heterocycles. The molecule has 0 aliphatic heterocycles. The van der Waals surface area contributed by atoms with E-state index in [4.69, 9.17) is 9.84 Å². The van der Waals surface area contributed by atoms with E-state index in [2.05, 4.69) is 9.72 Å². The van der Waals surface area contributed by atoms with Crippen LogP contribution in [0.15, 0.2) is 0 Å². The Morgan fingerprint density at radius 3 is 2.37 bits per heavy atom. The fourth-order valence-corrected chi connectivity index (χ4v) is 1.73. The number of hydrogen-bond acceptors (Lipinski definition) is 5. The molecule has 0 atom stereocenters. The van der Waals surface area contributed by atoms with Crippen molar-refractivity contribution in [2.45, 2.75) is 20.3 Å². The molecule has 0 aliphatic rings. The Labute approximate surface area is 109 Å². The average molecular weight is 269 g/mol. The predicted molar refractivity (Wildman–Crippen MR) is 64.2 cm³/mol. The van der Waals surface area contributed by atoms with Crippen molar-refractivity contribution in [3.8, 4) is 0 Å². The summed E-state index contributed by atoms with van der Waals surface area (Å²) in [7, 11) is 1.18. The quantitative estimate of drug-likeness (QED) is 0.770. The normalized spacial score (nSPS) is 10.1. The number of esters is 2. The van der Waals surface area contributed by atoms with Crippen LogP contribution in [0.1, 0.15) is 39.0 Å². The van der Waals surface area contributed by atoms with Gasteiger partial charge in [0.15, 0.2) is 0 Å². The summed E-state index contributed by atoms with van der Waals surface area (Å²) < 4.78 is 9.41. The first kappa shape index (κ1) is 14.7. The predicted octanol–water partition coefficient (Wildman–Crippen LogP) is 0.914. The lowest BCUT2D eigenvalue weighted by atomic mass is 10.1. The van der Waals surface area contributed by atoms with E-state index in [9.17, 15) is 14.4 Å². The number of methoxy groups -OCH3 is 1. The Hall–Kier alpha value is -2.31. The monoisotopic (exact) mass is 269 g/mol. The minimum Gasteiger partial charge on any atom is -0.481 e. The maximum atomic E-state index is 11.7. The van der Waals surface area contributed by atoms with Crippen molar-refractivity contribution in [3.63, 3.8) is 0 Å².